The lowest BCUT2D eigenvalue weighted by Gasteiger charge is -2.29. The summed E-state index contributed by atoms with van der Waals surface area (Å²) in [4.78, 5) is 11.3. The minimum absolute atomic E-state index is 0.422. The molecule has 3 nitrogen and oxygen atoms in total. The number of hydrogen-bond acceptors (Lipinski definition) is 3. The second-order valence-electron chi connectivity index (χ2n) is 4.37. The fourth-order valence-corrected chi connectivity index (χ4v) is 1.93. The first-order valence-electron chi connectivity index (χ1n) is 5.24. The second kappa shape index (κ2) is 4.08. The van der Waals surface area contributed by atoms with Gasteiger partial charge in [-0.25, -0.2) is 0 Å². The summed E-state index contributed by atoms with van der Waals surface area (Å²) < 4.78 is 11.0. The molecule has 0 aliphatic carbocycles. The fourth-order valence-electron chi connectivity index (χ4n) is 1.76. The van der Waals surface area contributed by atoms with Crippen molar-refractivity contribution in [2.75, 3.05) is 7.11 Å². The van der Waals surface area contributed by atoms with Gasteiger partial charge < -0.3 is 9.47 Å². The predicted octanol–water partition coefficient (Wildman–Crippen LogP) is 3.26. The van der Waals surface area contributed by atoms with Crippen molar-refractivity contribution >= 4 is 22.9 Å². The second-order valence-corrected chi connectivity index (χ2v) is 4.71. The largest absolute Gasteiger partial charge is 0.493 e. The van der Waals surface area contributed by atoms with Crippen LogP contribution in [0.15, 0.2) is 18.2 Å². The van der Waals surface area contributed by atoms with Crippen LogP contribution in [0.3, 0.4) is 0 Å². The van der Waals surface area contributed by atoms with Crippen LogP contribution >= 0.6 is 11.6 Å². The molecule has 4 heteroatoms. The van der Waals surface area contributed by atoms with Crippen LogP contribution in [0.1, 0.15) is 29.8 Å². The summed E-state index contributed by atoms with van der Waals surface area (Å²) in [7, 11) is 1.56. The van der Waals surface area contributed by atoms with E-state index < -0.39 is 10.8 Å². The monoisotopic (exact) mass is 252 g/mol. The number of fused-ring (bicyclic) bond motifs is 1. The molecule has 0 unspecified atom stereocenters. The average Bonchev–Trinajstić information content (AvgIpc) is 2.26. The van der Waals surface area contributed by atoms with Crippen molar-refractivity contribution < 1.29 is 14.3 Å². The van der Waals surface area contributed by atoms with E-state index in [-0.39, 0.29) is 0 Å². The van der Waals surface area contributed by atoms with Gasteiger partial charge in [0.2, 0.25) is 0 Å². The average molecular weight is 253 g/mol. The summed E-state index contributed by atoms with van der Waals surface area (Å²) in [5.41, 5.74) is 0.673. The summed E-state index contributed by atoms with van der Waals surface area (Å²) in [5.74, 6) is 1.16. The van der Waals surface area contributed by atoms with E-state index >= 15 is 0 Å². The van der Waals surface area contributed by atoms with E-state index in [0.29, 0.717) is 22.6 Å². The number of carbonyl (C=O) groups excluding carboxylic acids is 1. The maximum absolute atomic E-state index is 11.3. The van der Waals surface area contributed by atoms with Crippen LogP contribution in [0.2, 0.25) is 0 Å². The SMILES string of the molecule is COc1ccc(C(=O)Cl)c2c1OC(C)(C)C=C2. The Kier molecular flexibility index (Phi) is 2.87. The summed E-state index contributed by atoms with van der Waals surface area (Å²) >= 11 is 5.54. The number of halogens is 1. The zero-order valence-electron chi connectivity index (χ0n) is 9.91. The van der Waals surface area contributed by atoms with Gasteiger partial charge in [-0.15, -0.1) is 0 Å². The molecule has 0 spiro atoms. The Hall–Kier alpha value is -1.48. The van der Waals surface area contributed by atoms with Crippen molar-refractivity contribution in [3.05, 3.63) is 29.3 Å². The minimum atomic E-state index is -0.503. The van der Waals surface area contributed by atoms with Crippen molar-refractivity contribution in [3.63, 3.8) is 0 Å². The molecule has 0 saturated carbocycles. The van der Waals surface area contributed by atoms with E-state index in [4.69, 9.17) is 21.1 Å². The van der Waals surface area contributed by atoms with E-state index in [9.17, 15) is 4.79 Å². The van der Waals surface area contributed by atoms with Crippen LogP contribution in [0.4, 0.5) is 0 Å². The van der Waals surface area contributed by atoms with Crippen molar-refractivity contribution in [3.8, 4) is 11.5 Å². The van der Waals surface area contributed by atoms with E-state index in [1.165, 1.54) is 0 Å². The number of methoxy groups -OCH3 is 1. The smallest absolute Gasteiger partial charge is 0.253 e. The maximum atomic E-state index is 11.3. The minimum Gasteiger partial charge on any atom is -0.493 e. The lowest BCUT2D eigenvalue weighted by Crippen LogP contribution is -2.28. The van der Waals surface area contributed by atoms with Gasteiger partial charge in [0, 0.05) is 11.1 Å². The Balaban J connectivity index is 2.64. The third-order valence-electron chi connectivity index (χ3n) is 2.61. The molecule has 90 valence electrons. The predicted molar refractivity (Wildman–Crippen MR) is 66.9 cm³/mol. The first kappa shape index (κ1) is 12.0. The zero-order valence-corrected chi connectivity index (χ0v) is 10.7. The third kappa shape index (κ3) is 2.15. The van der Waals surface area contributed by atoms with Gasteiger partial charge in [0.05, 0.1) is 7.11 Å². The number of rotatable bonds is 2. The molecule has 0 saturated heterocycles. The Morgan fingerprint density at radius 3 is 2.71 bits per heavy atom. The van der Waals surface area contributed by atoms with Crippen molar-refractivity contribution in [2.45, 2.75) is 19.4 Å². The van der Waals surface area contributed by atoms with E-state index in [1.807, 2.05) is 26.0 Å². The van der Waals surface area contributed by atoms with Gasteiger partial charge in [-0.3, -0.25) is 4.79 Å². The molecule has 2 rings (SSSR count). The molecule has 0 radical (unpaired) electrons. The molecular formula is C13H13ClO3. The number of benzene rings is 1. The number of ether oxygens (including phenoxy) is 2. The molecule has 1 heterocycles. The molecule has 17 heavy (non-hydrogen) atoms. The molecule has 0 aromatic heterocycles. The van der Waals surface area contributed by atoms with E-state index in [2.05, 4.69) is 0 Å². The Morgan fingerprint density at radius 1 is 1.41 bits per heavy atom. The van der Waals surface area contributed by atoms with Gasteiger partial charge >= 0.3 is 0 Å². The first-order chi connectivity index (χ1) is 7.94. The Bertz CT molecular complexity index is 504. The maximum Gasteiger partial charge on any atom is 0.253 e. The van der Waals surface area contributed by atoms with Crippen LogP contribution in [0.5, 0.6) is 11.5 Å². The molecule has 0 amide bonds. The van der Waals surface area contributed by atoms with Gasteiger partial charge in [0.25, 0.3) is 5.24 Å². The van der Waals surface area contributed by atoms with Gasteiger partial charge in [-0.05, 0) is 43.7 Å². The highest BCUT2D eigenvalue weighted by molar-refractivity contribution is 6.68. The molecule has 1 aromatic carbocycles. The number of hydrogen-bond donors (Lipinski definition) is 0. The first-order valence-corrected chi connectivity index (χ1v) is 5.61. The summed E-state index contributed by atoms with van der Waals surface area (Å²) in [6, 6.07) is 3.32. The van der Waals surface area contributed by atoms with Crippen molar-refractivity contribution in [1.29, 1.82) is 0 Å². The fraction of sp³-hybridized carbons (Fsp3) is 0.308. The highest BCUT2D eigenvalue weighted by Crippen LogP contribution is 2.40. The van der Waals surface area contributed by atoms with Crippen molar-refractivity contribution in [1.82, 2.24) is 0 Å². The molecule has 0 N–H and O–H groups in total. The Morgan fingerprint density at radius 2 is 2.12 bits per heavy atom. The quantitative estimate of drug-likeness (QED) is 0.758. The van der Waals surface area contributed by atoms with Crippen molar-refractivity contribution in [2.24, 2.45) is 0 Å². The van der Waals surface area contributed by atoms with Crippen LogP contribution in [0, 0.1) is 0 Å². The van der Waals surface area contributed by atoms with Crippen LogP contribution < -0.4 is 9.47 Å². The van der Waals surface area contributed by atoms with E-state index in [0.717, 1.165) is 0 Å². The number of carbonyl (C=O) groups is 1. The highest BCUT2D eigenvalue weighted by atomic mass is 35.5. The topological polar surface area (TPSA) is 35.5 Å². The lowest BCUT2D eigenvalue weighted by molar-refractivity contribution is 0.107. The zero-order chi connectivity index (χ0) is 12.6. The Labute approximate surface area is 105 Å². The van der Waals surface area contributed by atoms with Crippen LogP contribution in [-0.4, -0.2) is 18.0 Å². The van der Waals surface area contributed by atoms with Crippen LogP contribution in [0.25, 0.3) is 6.08 Å². The molecule has 1 aliphatic rings. The highest BCUT2D eigenvalue weighted by Gasteiger charge is 2.27. The lowest BCUT2D eigenvalue weighted by atomic mass is 9.98. The molecule has 0 fully saturated rings. The molecule has 0 atom stereocenters. The summed E-state index contributed by atoms with van der Waals surface area (Å²) in [5, 5.41) is -0.503. The van der Waals surface area contributed by atoms with E-state index in [1.54, 1.807) is 19.2 Å². The van der Waals surface area contributed by atoms with Crippen LogP contribution in [-0.2, 0) is 0 Å². The van der Waals surface area contributed by atoms with Gasteiger partial charge in [0.1, 0.15) is 5.60 Å². The summed E-state index contributed by atoms with van der Waals surface area (Å²) in [6.45, 7) is 3.86. The standard InChI is InChI=1S/C13H13ClO3/c1-13(2)7-6-8-9(12(14)15)4-5-10(16-3)11(8)17-13/h4-7H,1-3H3. The third-order valence-corrected chi connectivity index (χ3v) is 2.81. The molecule has 1 aromatic rings. The van der Waals surface area contributed by atoms with Gasteiger partial charge in [-0.2, -0.15) is 0 Å². The van der Waals surface area contributed by atoms with Gasteiger partial charge in [0.15, 0.2) is 11.5 Å². The molecule has 0 bridgehead atoms. The molecular weight excluding hydrogens is 240 g/mol. The van der Waals surface area contributed by atoms with Gasteiger partial charge in [-0.1, -0.05) is 6.08 Å². The normalized spacial score (nSPS) is 16.0. The summed E-state index contributed by atoms with van der Waals surface area (Å²) in [6.07, 6.45) is 3.73. The molecule has 1 aliphatic heterocycles.